The van der Waals surface area contributed by atoms with Crippen LogP contribution in [0, 0.1) is 11.6 Å². The number of hydrogen-bond acceptors (Lipinski definition) is 3. The van der Waals surface area contributed by atoms with Crippen molar-refractivity contribution in [1.82, 2.24) is 19.3 Å². The molecule has 2 aromatic heterocycles. The predicted octanol–water partition coefficient (Wildman–Crippen LogP) is 2.62. The van der Waals surface area contributed by atoms with Crippen molar-refractivity contribution in [3.63, 3.8) is 0 Å². The molecule has 0 N–H and O–H groups in total. The van der Waals surface area contributed by atoms with Crippen LogP contribution >= 0.6 is 0 Å². The highest BCUT2D eigenvalue weighted by Gasteiger charge is 2.18. The van der Waals surface area contributed by atoms with Crippen LogP contribution in [0.3, 0.4) is 0 Å². The fraction of sp³-hybridized carbons (Fsp3) is 0.200. The van der Waals surface area contributed by atoms with Crippen LogP contribution in [0.25, 0.3) is 11.4 Å². The zero-order valence-electron chi connectivity index (χ0n) is 12.1. The van der Waals surface area contributed by atoms with Gasteiger partial charge in [-0.25, -0.2) is 13.8 Å². The van der Waals surface area contributed by atoms with Crippen LogP contribution in [0.5, 0.6) is 5.75 Å². The molecule has 2 heterocycles. The topological polar surface area (TPSA) is 44.9 Å². The highest BCUT2D eigenvalue weighted by molar-refractivity contribution is 5.59. The highest BCUT2D eigenvalue weighted by Crippen LogP contribution is 2.29. The summed E-state index contributed by atoms with van der Waals surface area (Å²) in [6, 6.07) is 2.28. The number of halogens is 2. The van der Waals surface area contributed by atoms with Gasteiger partial charge in [0.05, 0.1) is 25.4 Å². The van der Waals surface area contributed by atoms with Gasteiger partial charge in [-0.05, 0) is 0 Å². The summed E-state index contributed by atoms with van der Waals surface area (Å²) in [6.45, 7) is 0.425. The summed E-state index contributed by atoms with van der Waals surface area (Å²) < 4.78 is 36.6. The van der Waals surface area contributed by atoms with Crippen molar-refractivity contribution in [3.05, 3.63) is 54.1 Å². The maximum atomic E-state index is 14.2. The molecule has 3 aromatic rings. The van der Waals surface area contributed by atoms with Crippen LogP contribution in [0.1, 0.15) is 5.56 Å². The lowest BCUT2D eigenvalue weighted by molar-refractivity contribution is 0.407. The Balaban J connectivity index is 2.02. The summed E-state index contributed by atoms with van der Waals surface area (Å²) in [4.78, 5) is 4.08. The van der Waals surface area contributed by atoms with Crippen molar-refractivity contribution in [3.8, 4) is 17.1 Å². The minimum atomic E-state index is -0.713. The number of methoxy groups -OCH3 is 1. The Morgan fingerprint density at radius 3 is 2.55 bits per heavy atom. The van der Waals surface area contributed by atoms with Crippen molar-refractivity contribution in [2.75, 3.05) is 7.11 Å². The molecule has 0 saturated heterocycles. The Morgan fingerprint density at radius 1 is 1.23 bits per heavy atom. The first-order valence-corrected chi connectivity index (χ1v) is 6.60. The van der Waals surface area contributed by atoms with Crippen LogP contribution in [0.2, 0.25) is 0 Å². The van der Waals surface area contributed by atoms with Gasteiger partial charge in [-0.2, -0.15) is 5.10 Å². The predicted molar refractivity (Wildman–Crippen MR) is 76.4 cm³/mol. The van der Waals surface area contributed by atoms with Gasteiger partial charge in [-0.1, -0.05) is 0 Å². The highest BCUT2D eigenvalue weighted by atomic mass is 19.1. The Labute approximate surface area is 125 Å². The molecule has 0 spiro atoms. The second-order valence-electron chi connectivity index (χ2n) is 4.87. The second kappa shape index (κ2) is 5.59. The third-order valence-corrected chi connectivity index (χ3v) is 3.30. The summed E-state index contributed by atoms with van der Waals surface area (Å²) >= 11 is 0. The molecule has 0 aliphatic rings. The van der Waals surface area contributed by atoms with Gasteiger partial charge >= 0.3 is 0 Å². The molecule has 3 rings (SSSR count). The molecule has 7 heteroatoms. The molecule has 0 aliphatic heterocycles. The maximum absolute atomic E-state index is 14.2. The Morgan fingerprint density at radius 2 is 1.95 bits per heavy atom. The fourth-order valence-electron chi connectivity index (χ4n) is 2.30. The number of ether oxygens (including phenoxy) is 1. The van der Waals surface area contributed by atoms with E-state index in [1.165, 1.54) is 13.3 Å². The lowest BCUT2D eigenvalue weighted by atomic mass is 10.1. The largest absolute Gasteiger partial charge is 0.497 e. The smallest absolute Gasteiger partial charge is 0.146 e. The molecule has 0 unspecified atom stereocenters. The van der Waals surface area contributed by atoms with Crippen LogP contribution in [0.4, 0.5) is 8.78 Å². The van der Waals surface area contributed by atoms with Crippen LogP contribution in [-0.4, -0.2) is 26.4 Å². The van der Waals surface area contributed by atoms with Crippen LogP contribution in [-0.2, 0) is 13.6 Å². The Bertz CT molecular complexity index is 786. The van der Waals surface area contributed by atoms with E-state index in [1.807, 2.05) is 6.20 Å². The zero-order valence-corrected chi connectivity index (χ0v) is 12.1. The average Bonchev–Trinajstić information content (AvgIpc) is 3.08. The molecule has 1 aromatic carbocycles. The zero-order chi connectivity index (χ0) is 15.7. The van der Waals surface area contributed by atoms with Gasteiger partial charge in [0.2, 0.25) is 0 Å². The monoisotopic (exact) mass is 304 g/mol. The maximum Gasteiger partial charge on any atom is 0.146 e. The quantitative estimate of drug-likeness (QED) is 0.744. The normalized spacial score (nSPS) is 10.9. The molecule has 22 heavy (non-hydrogen) atoms. The molecule has 0 bridgehead atoms. The van der Waals surface area contributed by atoms with Crippen molar-refractivity contribution in [1.29, 1.82) is 0 Å². The molecule has 0 saturated carbocycles. The lowest BCUT2D eigenvalue weighted by Crippen LogP contribution is -2.03. The fourth-order valence-corrected chi connectivity index (χ4v) is 2.30. The van der Waals surface area contributed by atoms with Gasteiger partial charge in [-0.15, -0.1) is 0 Å². The van der Waals surface area contributed by atoms with E-state index in [1.54, 1.807) is 28.7 Å². The summed E-state index contributed by atoms with van der Waals surface area (Å²) in [5.41, 5.74) is 0.741. The van der Waals surface area contributed by atoms with Gasteiger partial charge in [0.25, 0.3) is 0 Å². The van der Waals surface area contributed by atoms with Crippen LogP contribution in [0.15, 0.2) is 36.9 Å². The first-order valence-electron chi connectivity index (χ1n) is 6.60. The summed E-state index contributed by atoms with van der Waals surface area (Å²) in [5, 5.41) is 4.08. The molecule has 0 atom stereocenters. The third kappa shape index (κ3) is 2.57. The van der Waals surface area contributed by atoms with Gasteiger partial charge < -0.3 is 9.30 Å². The third-order valence-electron chi connectivity index (χ3n) is 3.30. The van der Waals surface area contributed by atoms with E-state index in [2.05, 4.69) is 10.1 Å². The molecule has 5 nitrogen and oxygen atoms in total. The number of aromatic nitrogens is 4. The molecular formula is C15H14F2N4O. The average molecular weight is 304 g/mol. The second-order valence-corrected chi connectivity index (χ2v) is 4.87. The van der Waals surface area contributed by atoms with Crippen molar-refractivity contribution in [2.24, 2.45) is 7.05 Å². The Kier molecular flexibility index (Phi) is 3.62. The van der Waals surface area contributed by atoms with Gasteiger partial charge in [0.15, 0.2) is 0 Å². The number of hydrogen-bond donors (Lipinski definition) is 0. The van der Waals surface area contributed by atoms with Crippen LogP contribution < -0.4 is 4.74 Å². The van der Waals surface area contributed by atoms with Crippen molar-refractivity contribution >= 4 is 0 Å². The van der Waals surface area contributed by atoms with E-state index in [4.69, 9.17) is 4.74 Å². The lowest BCUT2D eigenvalue weighted by Gasteiger charge is -2.10. The van der Waals surface area contributed by atoms with Gasteiger partial charge in [0.1, 0.15) is 23.2 Å². The van der Waals surface area contributed by atoms with E-state index in [9.17, 15) is 8.78 Å². The molecule has 0 radical (unpaired) electrons. The van der Waals surface area contributed by atoms with Crippen molar-refractivity contribution in [2.45, 2.75) is 6.54 Å². The van der Waals surface area contributed by atoms with E-state index >= 15 is 0 Å². The number of imidazole rings is 1. The summed E-state index contributed by atoms with van der Waals surface area (Å²) in [6.07, 6.45) is 6.72. The number of benzene rings is 1. The number of rotatable bonds is 4. The minimum Gasteiger partial charge on any atom is -0.497 e. The first-order chi connectivity index (χ1) is 10.6. The number of aryl methyl sites for hydroxylation is 1. The van der Waals surface area contributed by atoms with Gasteiger partial charge in [0, 0.05) is 43.3 Å². The number of nitrogens with zero attached hydrogens (tertiary/aromatic N) is 4. The molecule has 0 amide bonds. The minimum absolute atomic E-state index is 0.129. The Hall–Kier alpha value is -2.70. The molecular weight excluding hydrogens is 290 g/mol. The first kappa shape index (κ1) is 14.2. The van der Waals surface area contributed by atoms with Gasteiger partial charge in [-0.3, -0.25) is 4.68 Å². The van der Waals surface area contributed by atoms with E-state index < -0.39 is 11.6 Å². The van der Waals surface area contributed by atoms with E-state index in [-0.39, 0.29) is 17.1 Å². The standard InChI is InChI=1S/C15H14F2N4O/c1-20-8-10(7-19-20)9-21-4-3-18-15(21)14-12(16)5-11(22-2)6-13(14)17/h3-8H,9H2,1-2H3. The summed E-state index contributed by atoms with van der Waals surface area (Å²) in [5.74, 6) is -1.07. The summed E-state index contributed by atoms with van der Waals surface area (Å²) in [7, 11) is 3.17. The van der Waals surface area contributed by atoms with E-state index in [0.29, 0.717) is 6.54 Å². The van der Waals surface area contributed by atoms with E-state index in [0.717, 1.165) is 17.7 Å². The molecule has 114 valence electrons. The SMILES string of the molecule is COc1cc(F)c(-c2nccn2Cc2cnn(C)c2)c(F)c1. The molecule has 0 fully saturated rings. The van der Waals surface area contributed by atoms with Crippen molar-refractivity contribution < 1.29 is 13.5 Å². The molecule has 0 aliphatic carbocycles.